The summed E-state index contributed by atoms with van der Waals surface area (Å²) >= 11 is 0. The molecule has 8 nitrogen and oxygen atoms in total. The number of rotatable bonds is 10. The van der Waals surface area contributed by atoms with Crippen molar-refractivity contribution in [1.82, 2.24) is 20.8 Å². The van der Waals surface area contributed by atoms with Crippen molar-refractivity contribution in [3.63, 3.8) is 0 Å². The lowest BCUT2D eigenvalue weighted by Gasteiger charge is -2.54. The smallest absolute Gasteiger partial charge is 0.223 e. The SMILES string of the molecule is C=CCON1C(C)(C)CC(NC(=O)C2CCC(C(=O)NC3CC(C)(C)N(OCC=C)C(C)(C)C3)CC2)CC1(C)C. The molecular weight excluding hydrogens is 504 g/mol. The Morgan fingerprint density at radius 1 is 0.650 bits per heavy atom. The lowest BCUT2D eigenvalue weighted by atomic mass is 9.77. The summed E-state index contributed by atoms with van der Waals surface area (Å²) in [5, 5.41) is 10.9. The Bertz CT molecular complexity index is 810. The van der Waals surface area contributed by atoms with Crippen molar-refractivity contribution in [3.8, 4) is 0 Å². The molecule has 3 fully saturated rings. The number of hydrogen-bond acceptors (Lipinski definition) is 6. The number of amides is 2. The number of hydroxylamine groups is 4. The summed E-state index contributed by atoms with van der Waals surface area (Å²) in [6.07, 6.45) is 9.82. The minimum absolute atomic E-state index is 0.0339. The van der Waals surface area contributed by atoms with Crippen molar-refractivity contribution in [2.75, 3.05) is 13.2 Å². The molecule has 3 rings (SSSR count). The maximum Gasteiger partial charge on any atom is 0.223 e. The molecule has 0 atom stereocenters. The van der Waals surface area contributed by atoms with Crippen molar-refractivity contribution in [2.45, 2.75) is 141 Å². The van der Waals surface area contributed by atoms with Crippen LogP contribution in [0.1, 0.15) is 107 Å². The predicted molar refractivity (Wildman–Crippen MR) is 160 cm³/mol. The number of nitrogens with zero attached hydrogens (tertiary/aromatic N) is 2. The van der Waals surface area contributed by atoms with Crippen LogP contribution in [-0.2, 0) is 19.3 Å². The van der Waals surface area contributed by atoms with Gasteiger partial charge in [0.1, 0.15) is 0 Å². The molecule has 1 aliphatic carbocycles. The first-order valence-corrected chi connectivity index (χ1v) is 15.2. The molecule has 2 saturated heterocycles. The highest BCUT2D eigenvalue weighted by Crippen LogP contribution is 2.40. The Labute approximate surface area is 243 Å². The molecule has 0 radical (unpaired) electrons. The monoisotopic (exact) mass is 560 g/mol. The van der Waals surface area contributed by atoms with Crippen LogP contribution in [0.4, 0.5) is 0 Å². The molecule has 2 aliphatic heterocycles. The fourth-order valence-corrected chi connectivity index (χ4v) is 7.94. The summed E-state index contributed by atoms with van der Waals surface area (Å²) in [4.78, 5) is 38.6. The molecular formula is C32H56N4O4. The van der Waals surface area contributed by atoms with Gasteiger partial charge in [0.25, 0.3) is 0 Å². The highest BCUT2D eigenvalue weighted by Gasteiger charge is 2.48. The second kappa shape index (κ2) is 12.6. The molecule has 228 valence electrons. The molecule has 2 heterocycles. The summed E-state index contributed by atoms with van der Waals surface area (Å²) in [5.74, 6) is 0.194. The first-order valence-electron chi connectivity index (χ1n) is 15.2. The van der Waals surface area contributed by atoms with Gasteiger partial charge in [-0.25, -0.2) is 0 Å². The Hall–Kier alpha value is -1.74. The van der Waals surface area contributed by atoms with Gasteiger partial charge in [-0.2, -0.15) is 10.1 Å². The summed E-state index contributed by atoms with van der Waals surface area (Å²) in [6, 6.07) is 0.185. The van der Waals surface area contributed by atoms with Crippen LogP contribution >= 0.6 is 0 Å². The Morgan fingerprint density at radius 3 is 1.18 bits per heavy atom. The molecule has 0 spiro atoms. The van der Waals surface area contributed by atoms with E-state index in [9.17, 15) is 9.59 Å². The molecule has 40 heavy (non-hydrogen) atoms. The molecule has 0 aromatic carbocycles. The van der Waals surface area contributed by atoms with Gasteiger partial charge in [0, 0.05) is 46.1 Å². The largest absolute Gasteiger partial charge is 0.353 e. The van der Waals surface area contributed by atoms with E-state index >= 15 is 0 Å². The van der Waals surface area contributed by atoms with Gasteiger partial charge in [0.2, 0.25) is 11.8 Å². The number of carbonyl (C=O) groups excluding carboxylic acids is 2. The molecule has 0 unspecified atom stereocenters. The van der Waals surface area contributed by atoms with Crippen molar-refractivity contribution < 1.29 is 19.3 Å². The van der Waals surface area contributed by atoms with E-state index < -0.39 is 0 Å². The third-order valence-electron chi connectivity index (χ3n) is 8.99. The highest BCUT2D eigenvalue weighted by atomic mass is 16.7. The fraction of sp³-hybridized carbons (Fsp3) is 0.812. The average Bonchev–Trinajstić information content (AvgIpc) is 2.81. The van der Waals surface area contributed by atoms with Gasteiger partial charge in [-0.3, -0.25) is 19.3 Å². The summed E-state index contributed by atoms with van der Waals surface area (Å²) in [5.41, 5.74) is -0.851. The minimum atomic E-state index is -0.213. The molecule has 2 amide bonds. The first-order chi connectivity index (χ1) is 18.5. The normalized spacial score (nSPS) is 28.9. The Balaban J connectivity index is 1.50. The zero-order chi connectivity index (χ0) is 29.9. The van der Waals surface area contributed by atoms with Gasteiger partial charge >= 0.3 is 0 Å². The molecule has 8 heteroatoms. The summed E-state index contributed by atoms with van der Waals surface area (Å²) < 4.78 is 0. The van der Waals surface area contributed by atoms with E-state index in [1.807, 2.05) is 0 Å². The van der Waals surface area contributed by atoms with Crippen molar-refractivity contribution >= 4 is 11.8 Å². The van der Waals surface area contributed by atoms with E-state index in [1.54, 1.807) is 12.2 Å². The number of nitrogens with one attached hydrogen (secondary N) is 2. The van der Waals surface area contributed by atoms with Crippen LogP contribution in [0.3, 0.4) is 0 Å². The van der Waals surface area contributed by atoms with Gasteiger partial charge in [0.05, 0.1) is 13.2 Å². The molecule has 0 aromatic rings. The summed E-state index contributed by atoms with van der Waals surface area (Å²) in [7, 11) is 0. The lowest BCUT2D eigenvalue weighted by molar-refractivity contribution is -0.277. The van der Waals surface area contributed by atoms with Crippen molar-refractivity contribution in [3.05, 3.63) is 25.3 Å². The van der Waals surface area contributed by atoms with Gasteiger partial charge in [-0.15, -0.1) is 13.2 Å². The van der Waals surface area contributed by atoms with Crippen LogP contribution in [0.2, 0.25) is 0 Å². The summed E-state index contributed by atoms with van der Waals surface area (Å²) in [6.45, 7) is 25.8. The zero-order valence-electron chi connectivity index (χ0n) is 26.5. The maximum absolute atomic E-state index is 13.3. The van der Waals surface area contributed by atoms with Crippen LogP contribution in [0.5, 0.6) is 0 Å². The zero-order valence-corrected chi connectivity index (χ0v) is 26.5. The van der Waals surface area contributed by atoms with Gasteiger partial charge in [0.15, 0.2) is 0 Å². The van der Waals surface area contributed by atoms with E-state index in [0.29, 0.717) is 13.2 Å². The first kappa shape index (κ1) is 32.8. The van der Waals surface area contributed by atoms with E-state index in [4.69, 9.17) is 9.68 Å². The Kier molecular flexibility index (Phi) is 10.4. The second-order valence-electron chi connectivity index (χ2n) is 14.8. The standard InChI is InChI=1S/C32H56N4O4/c1-11-17-39-35-29(3,4)19-25(20-30(35,5)6)33-27(37)23-13-15-24(16-14-23)28(38)34-26-21-31(7,8)36(40-18-12-2)32(9,10)22-26/h11-12,23-26H,1-2,13-22H2,3-10H3,(H,33,37)(H,34,38). The number of carbonyl (C=O) groups is 2. The van der Waals surface area contributed by atoms with Crippen LogP contribution in [0.25, 0.3) is 0 Å². The topological polar surface area (TPSA) is 83.1 Å². The lowest BCUT2D eigenvalue weighted by Crippen LogP contribution is -2.64. The fourth-order valence-electron chi connectivity index (χ4n) is 7.94. The van der Waals surface area contributed by atoms with E-state index in [2.05, 4.69) is 89.3 Å². The van der Waals surface area contributed by atoms with Crippen LogP contribution < -0.4 is 10.6 Å². The molecule has 1 saturated carbocycles. The number of piperidine rings is 2. The van der Waals surface area contributed by atoms with Gasteiger partial charge in [-0.1, -0.05) is 12.2 Å². The third-order valence-corrected chi connectivity index (χ3v) is 8.99. The molecule has 2 N–H and O–H groups in total. The minimum Gasteiger partial charge on any atom is -0.353 e. The van der Waals surface area contributed by atoms with E-state index in [1.165, 1.54) is 0 Å². The van der Waals surface area contributed by atoms with Crippen LogP contribution in [-0.4, -0.2) is 69.4 Å². The molecule has 0 bridgehead atoms. The Morgan fingerprint density at radius 2 is 0.925 bits per heavy atom. The predicted octanol–water partition coefficient (Wildman–Crippen LogP) is 5.30. The maximum atomic E-state index is 13.3. The third kappa shape index (κ3) is 7.75. The second-order valence-corrected chi connectivity index (χ2v) is 14.8. The van der Waals surface area contributed by atoms with Gasteiger partial charge < -0.3 is 10.6 Å². The van der Waals surface area contributed by atoms with E-state index in [-0.39, 0.29) is 57.9 Å². The van der Waals surface area contributed by atoms with Crippen molar-refractivity contribution in [1.29, 1.82) is 0 Å². The van der Waals surface area contributed by atoms with Crippen molar-refractivity contribution in [2.24, 2.45) is 11.8 Å². The van der Waals surface area contributed by atoms with Gasteiger partial charge in [-0.05, 0) is 107 Å². The van der Waals surface area contributed by atoms with Crippen LogP contribution in [0.15, 0.2) is 25.3 Å². The van der Waals surface area contributed by atoms with E-state index in [0.717, 1.165) is 51.4 Å². The molecule has 3 aliphatic rings. The number of hydrogen-bond donors (Lipinski definition) is 2. The average molecular weight is 561 g/mol. The highest BCUT2D eigenvalue weighted by molar-refractivity contribution is 5.81. The van der Waals surface area contributed by atoms with Crippen LogP contribution in [0, 0.1) is 11.8 Å². The quantitative estimate of drug-likeness (QED) is 0.353. The molecule has 0 aromatic heterocycles.